The summed E-state index contributed by atoms with van der Waals surface area (Å²) in [6, 6.07) is 3.57. The number of anilines is 2. The van der Waals surface area contributed by atoms with E-state index in [4.69, 9.17) is 10.5 Å². The summed E-state index contributed by atoms with van der Waals surface area (Å²) >= 11 is 0. The van der Waals surface area contributed by atoms with E-state index in [1.54, 1.807) is 26.1 Å². The normalized spacial score (nSPS) is 29.0. The molecule has 0 bridgehead atoms. The Kier molecular flexibility index (Phi) is 6.60. The van der Waals surface area contributed by atoms with Crippen molar-refractivity contribution in [3.63, 3.8) is 0 Å². The van der Waals surface area contributed by atoms with Crippen LogP contribution in [-0.4, -0.2) is 71.7 Å². The fraction of sp³-hybridized carbons (Fsp3) is 0.500. The Bertz CT molecular complexity index is 1160. The van der Waals surface area contributed by atoms with E-state index in [2.05, 4.69) is 15.3 Å². The molecule has 0 aromatic carbocycles. The third kappa shape index (κ3) is 4.90. The number of carbonyl (C=O) groups excluding carboxylic acids is 1. The number of aliphatic hydroxyl groups is 1. The van der Waals surface area contributed by atoms with Crippen molar-refractivity contribution in [3.05, 3.63) is 47.7 Å². The number of nitrogens with zero attached hydrogens (tertiary/aromatic N) is 3. The molecule has 2 aromatic rings. The highest BCUT2D eigenvalue weighted by Crippen LogP contribution is 2.38. The van der Waals surface area contributed by atoms with Crippen molar-refractivity contribution in [3.8, 4) is 0 Å². The van der Waals surface area contributed by atoms with E-state index in [-0.39, 0.29) is 36.1 Å². The maximum atomic E-state index is 14.4. The van der Waals surface area contributed by atoms with Crippen molar-refractivity contribution in [2.24, 2.45) is 5.73 Å². The fourth-order valence-electron chi connectivity index (χ4n) is 4.09. The number of rotatable bonds is 4. The molecule has 34 heavy (non-hydrogen) atoms. The molecule has 4 N–H and O–H groups in total. The highest BCUT2D eigenvalue weighted by molar-refractivity contribution is 7.91. The zero-order chi connectivity index (χ0) is 24.7. The van der Waals surface area contributed by atoms with Crippen LogP contribution in [0.5, 0.6) is 0 Å². The Morgan fingerprint density at radius 1 is 1.32 bits per heavy atom. The molecule has 1 amide bonds. The SMILES string of the molecule is C[C@H]1O[C@@H](c2ccncc2NC(=O)c2ccc(F)c(N3CCS(=O)(=O)CC3)n2)C[C@@H](N)[C@]1(C)O. The zero-order valence-corrected chi connectivity index (χ0v) is 19.8. The maximum Gasteiger partial charge on any atom is 0.274 e. The van der Waals surface area contributed by atoms with Crippen LogP contribution in [-0.2, 0) is 14.6 Å². The van der Waals surface area contributed by atoms with E-state index in [1.165, 1.54) is 17.2 Å². The van der Waals surface area contributed by atoms with Crippen LogP contribution < -0.4 is 16.0 Å². The first kappa shape index (κ1) is 24.5. The molecule has 184 valence electrons. The molecule has 2 saturated heterocycles. The standard InChI is InChI=1S/C22H28FN5O5S/c1-13-22(2,30)19(24)11-18(33-13)14-5-6-25-12-17(14)27-21(29)16-4-3-15(23)20(26-16)28-7-9-34(31,32)10-8-28/h3-6,12-13,18-19,30H,7-11,24H2,1-2H3,(H,27,29)/t13-,18-,19-,22-/m1/s1. The first-order valence-electron chi connectivity index (χ1n) is 11.0. The summed E-state index contributed by atoms with van der Waals surface area (Å²) in [6.45, 7) is 3.57. The molecule has 0 aliphatic carbocycles. The minimum Gasteiger partial charge on any atom is -0.386 e. The van der Waals surface area contributed by atoms with Crippen LogP contribution in [0, 0.1) is 5.82 Å². The van der Waals surface area contributed by atoms with Crippen molar-refractivity contribution in [2.75, 3.05) is 34.8 Å². The summed E-state index contributed by atoms with van der Waals surface area (Å²) in [5.74, 6) is -1.48. The lowest BCUT2D eigenvalue weighted by Gasteiger charge is -2.44. The van der Waals surface area contributed by atoms with E-state index in [0.29, 0.717) is 17.7 Å². The van der Waals surface area contributed by atoms with Crippen LogP contribution in [0.1, 0.15) is 42.4 Å². The molecule has 0 unspecified atom stereocenters. The molecule has 12 heteroatoms. The van der Waals surface area contributed by atoms with E-state index in [9.17, 15) is 22.7 Å². The molecule has 10 nitrogen and oxygen atoms in total. The predicted molar refractivity (Wildman–Crippen MR) is 124 cm³/mol. The second-order valence-corrected chi connectivity index (χ2v) is 11.2. The zero-order valence-electron chi connectivity index (χ0n) is 18.9. The molecule has 2 fully saturated rings. The summed E-state index contributed by atoms with van der Waals surface area (Å²) in [4.78, 5) is 22.7. The number of pyridine rings is 2. The van der Waals surface area contributed by atoms with E-state index < -0.39 is 45.4 Å². The quantitative estimate of drug-likeness (QED) is 0.568. The highest BCUT2D eigenvalue weighted by Gasteiger charge is 2.43. The Labute approximate surface area is 197 Å². The fourth-order valence-corrected chi connectivity index (χ4v) is 5.29. The molecule has 0 saturated carbocycles. The van der Waals surface area contributed by atoms with Crippen LogP contribution in [0.25, 0.3) is 0 Å². The number of aromatic nitrogens is 2. The van der Waals surface area contributed by atoms with Gasteiger partial charge in [0.25, 0.3) is 5.91 Å². The molecule has 4 heterocycles. The van der Waals surface area contributed by atoms with Crippen LogP contribution in [0.4, 0.5) is 15.9 Å². The van der Waals surface area contributed by atoms with Crippen LogP contribution in [0.3, 0.4) is 0 Å². The van der Waals surface area contributed by atoms with Gasteiger partial charge >= 0.3 is 0 Å². The van der Waals surface area contributed by atoms with E-state index in [1.807, 2.05) is 0 Å². The number of hydrogen-bond donors (Lipinski definition) is 3. The van der Waals surface area contributed by atoms with Gasteiger partial charge in [0.15, 0.2) is 21.5 Å². The van der Waals surface area contributed by atoms with Gasteiger partial charge in [0.2, 0.25) is 0 Å². The van der Waals surface area contributed by atoms with Gasteiger partial charge < -0.3 is 25.8 Å². The molecule has 0 radical (unpaired) electrons. The third-order valence-corrected chi connectivity index (χ3v) is 8.17. The molecule has 4 atom stereocenters. The van der Waals surface area contributed by atoms with E-state index in [0.717, 1.165) is 6.07 Å². The van der Waals surface area contributed by atoms with Gasteiger partial charge in [-0.25, -0.2) is 17.8 Å². The first-order chi connectivity index (χ1) is 16.0. The molecular formula is C22H28FN5O5S. The van der Waals surface area contributed by atoms with Crippen LogP contribution >= 0.6 is 0 Å². The predicted octanol–water partition coefficient (Wildman–Crippen LogP) is 1.03. The van der Waals surface area contributed by atoms with Crippen LogP contribution in [0.15, 0.2) is 30.6 Å². The van der Waals surface area contributed by atoms with Gasteiger partial charge in [0.1, 0.15) is 11.3 Å². The van der Waals surface area contributed by atoms with Crippen molar-refractivity contribution in [1.29, 1.82) is 0 Å². The Hall–Kier alpha value is -2.67. The van der Waals surface area contributed by atoms with Gasteiger partial charge in [0, 0.05) is 30.9 Å². The van der Waals surface area contributed by atoms with Gasteiger partial charge in [-0.05, 0) is 38.5 Å². The molecule has 4 rings (SSSR count). The number of carbonyl (C=O) groups is 1. The summed E-state index contributed by atoms with van der Waals surface area (Å²) in [5.41, 5.74) is 5.98. The summed E-state index contributed by atoms with van der Waals surface area (Å²) in [7, 11) is -3.15. The maximum absolute atomic E-state index is 14.4. The number of amides is 1. The molecule has 0 spiro atoms. The smallest absolute Gasteiger partial charge is 0.274 e. The molecule has 2 aliphatic rings. The monoisotopic (exact) mass is 493 g/mol. The molecular weight excluding hydrogens is 465 g/mol. The van der Waals surface area contributed by atoms with Crippen molar-refractivity contribution < 1.29 is 27.4 Å². The number of nitrogens with two attached hydrogens (primary N) is 1. The van der Waals surface area contributed by atoms with Gasteiger partial charge in [0.05, 0.1) is 35.6 Å². The average molecular weight is 494 g/mol. The number of nitrogens with one attached hydrogen (secondary N) is 1. The van der Waals surface area contributed by atoms with E-state index >= 15 is 0 Å². The molecule has 2 aromatic heterocycles. The second kappa shape index (κ2) is 9.17. The lowest BCUT2D eigenvalue weighted by atomic mass is 9.83. The summed E-state index contributed by atoms with van der Waals surface area (Å²) < 4.78 is 43.8. The first-order valence-corrected chi connectivity index (χ1v) is 12.8. The minimum atomic E-state index is -3.15. The van der Waals surface area contributed by atoms with Crippen molar-refractivity contribution in [2.45, 2.75) is 44.1 Å². The second-order valence-electron chi connectivity index (χ2n) is 8.89. The van der Waals surface area contributed by atoms with Gasteiger partial charge in [-0.15, -0.1) is 0 Å². The topological polar surface area (TPSA) is 148 Å². The number of halogens is 1. The van der Waals surface area contributed by atoms with Gasteiger partial charge in [-0.2, -0.15) is 0 Å². The number of ether oxygens (including phenoxy) is 1. The lowest BCUT2D eigenvalue weighted by molar-refractivity contribution is -0.171. The number of sulfone groups is 1. The summed E-state index contributed by atoms with van der Waals surface area (Å²) in [6.07, 6.45) is 2.36. The Morgan fingerprint density at radius 2 is 2.03 bits per heavy atom. The third-order valence-electron chi connectivity index (χ3n) is 6.56. The summed E-state index contributed by atoms with van der Waals surface area (Å²) in [5, 5.41) is 13.3. The number of hydrogen-bond acceptors (Lipinski definition) is 9. The van der Waals surface area contributed by atoms with Gasteiger partial charge in [-0.1, -0.05) is 0 Å². The minimum absolute atomic E-state index is 0.0304. The van der Waals surface area contributed by atoms with Crippen molar-refractivity contribution >= 4 is 27.2 Å². The molecule has 2 aliphatic heterocycles. The Balaban J connectivity index is 1.54. The van der Waals surface area contributed by atoms with Crippen molar-refractivity contribution in [1.82, 2.24) is 9.97 Å². The Morgan fingerprint density at radius 3 is 2.71 bits per heavy atom. The highest BCUT2D eigenvalue weighted by atomic mass is 32.2. The average Bonchev–Trinajstić information content (AvgIpc) is 2.78. The lowest BCUT2D eigenvalue weighted by Crippen LogP contribution is -2.58. The van der Waals surface area contributed by atoms with Gasteiger partial charge in [-0.3, -0.25) is 9.78 Å². The largest absolute Gasteiger partial charge is 0.386 e. The van der Waals surface area contributed by atoms with Crippen LogP contribution in [0.2, 0.25) is 0 Å².